The molecule has 0 aliphatic rings. The molecule has 2 aromatic rings. The first-order chi connectivity index (χ1) is 9.32. The second-order valence-corrected chi connectivity index (χ2v) is 5.83. The Kier molecular flexibility index (Phi) is 3.61. The SMILES string of the molecule is Cc1[c]ccc(-c2ccccc2S(N)(=O)=O)c1C(N)=O. The van der Waals surface area contributed by atoms with Crippen molar-refractivity contribution in [3.8, 4) is 11.1 Å². The van der Waals surface area contributed by atoms with E-state index in [1.54, 1.807) is 37.3 Å². The summed E-state index contributed by atoms with van der Waals surface area (Å²) in [6, 6.07) is 12.3. The second kappa shape index (κ2) is 5.07. The predicted molar refractivity (Wildman–Crippen MR) is 75.3 cm³/mol. The van der Waals surface area contributed by atoms with E-state index in [9.17, 15) is 13.2 Å². The van der Waals surface area contributed by atoms with Gasteiger partial charge in [0.05, 0.1) is 10.5 Å². The van der Waals surface area contributed by atoms with Gasteiger partial charge in [0.15, 0.2) is 0 Å². The van der Waals surface area contributed by atoms with Crippen LogP contribution < -0.4 is 10.9 Å². The first-order valence-corrected chi connectivity index (χ1v) is 7.30. The highest BCUT2D eigenvalue weighted by Crippen LogP contribution is 2.30. The first kappa shape index (κ1) is 14.2. The molecule has 1 amide bonds. The molecular formula is C14H13N2O3S. The van der Waals surface area contributed by atoms with Crippen molar-refractivity contribution in [3.63, 3.8) is 0 Å². The zero-order chi connectivity index (χ0) is 14.9. The molecule has 1 radical (unpaired) electrons. The van der Waals surface area contributed by atoms with Crippen LogP contribution in [0, 0.1) is 13.0 Å². The standard InChI is InChI=1S/C14H13N2O3S/c1-9-5-4-7-11(13(9)14(15)17)10-6-2-3-8-12(10)20(16,18)19/h2-4,6-8H,1H3,(H2,15,17)(H2,16,18,19). The molecule has 103 valence electrons. The number of sulfonamides is 1. The van der Waals surface area contributed by atoms with Gasteiger partial charge in [-0.15, -0.1) is 0 Å². The van der Waals surface area contributed by atoms with Crippen LogP contribution in [0.4, 0.5) is 0 Å². The third kappa shape index (κ3) is 2.56. The molecule has 5 nitrogen and oxygen atoms in total. The van der Waals surface area contributed by atoms with Gasteiger partial charge in [0.1, 0.15) is 0 Å². The van der Waals surface area contributed by atoms with E-state index in [2.05, 4.69) is 6.07 Å². The number of benzene rings is 2. The predicted octanol–water partition coefficient (Wildman–Crippen LogP) is 1.21. The molecular weight excluding hydrogens is 276 g/mol. The maximum absolute atomic E-state index is 11.6. The van der Waals surface area contributed by atoms with Crippen molar-refractivity contribution in [2.45, 2.75) is 11.8 Å². The number of rotatable bonds is 3. The molecule has 0 unspecified atom stereocenters. The number of carbonyl (C=O) groups excluding carboxylic acids is 1. The molecule has 20 heavy (non-hydrogen) atoms. The van der Waals surface area contributed by atoms with E-state index >= 15 is 0 Å². The minimum Gasteiger partial charge on any atom is -0.366 e. The van der Waals surface area contributed by atoms with E-state index in [1.165, 1.54) is 6.07 Å². The fourth-order valence-electron chi connectivity index (χ4n) is 2.09. The average molecular weight is 289 g/mol. The van der Waals surface area contributed by atoms with Crippen molar-refractivity contribution < 1.29 is 13.2 Å². The fourth-order valence-corrected chi connectivity index (χ4v) is 2.84. The molecule has 0 fully saturated rings. The van der Waals surface area contributed by atoms with Crippen molar-refractivity contribution in [2.75, 3.05) is 0 Å². The number of hydrogen-bond acceptors (Lipinski definition) is 3. The Balaban J connectivity index is 2.84. The molecule has 0 aliphatic carbocycles. The fraction of sp³-hybridized carbons (Fsp3) is 0.0714. The van der Waals surface area contributed by atoms with Crippen LogP contribution in [0.2, 0.25) is 0 Å². The minimum atomic E-state index is -3.90. The highest BCUT2D eigenvalue weighted by atomic mass is 32.2. The van der Waals surface area contributed by atoms with Crippen LogP contribution in [0.25, 0.3) is 11.1 Å². The van der Waals surface area contributed by atoms with Gasteiger partial charge in [0, 0.05) is 5.56 Å². The van der Waals surface area contributed by atoms with Gasteiger partial charge < -0.3 is 5.73 Å². The molecule has 0 aromatic heterocycles. The number of primary amides is 1. The normalized spacial score (nSPS) is 11.3. The summed E-state index contributed by atoms with van der Waals surface area (Å²) in [7, 11) is -3.90. The summed E-state index contributed by atoms with van der Waals surface area (Å²) in [6.07, 6.45) is 0. The zero-order valence-corrected chi connectivity index (χ0v) is 11.6. The minimum absolute atomic E-state index is 0.0481. The third-order valence-corrected chi connectivity index (χ3v) is 3.89. The highest BCUT2D eigenvalue weighted by Gasteiger charge is 2.19. The molecule has 0 saturated heterocycles. The summed E-state index contributed by atoms with van der Waals surface area (Å²) in [6.45, 7) is 1.68. The lowest BCUT2D eigenvalue weighted by Crippen LogP contribution is -2.17. The Morgan fingerprint density at radius 3 is 2.40 bits per heavy atom. The van der Waals surface area contributed by atoms with Gasteiger partial charge >= 0.3 is 0 Å². The maximum Gasteiger partial charge on any atom is 0.249 e. The first-order valence-electron chi connectivity index (χ1n) is 5.75. The summed E-state index contributed by atoms with van der Waals surface area (Å²) in [5.41, 5.74) is 6.94. The lowest BCUT2D eigenvalue weighted by molar-refractivity contribution is 0.100. The van der Waals surface area contributed by atoms with E-state index < -0.39 is 15.9 Å². The van der Waals surface area contributed by atoms with Gasteiger partial charge in [-0.1, -0.05) is 30.3 Å². The maximum atomic E-state index is 11.6. The molecule has 4 N–H and O–H groups in total. The van der Waals surface area contributed by atoms with Gasteiger partial charge in [-0.3, -0.25) is 4.79 Å². The Hall–Kier alpha value is -2.18. The van der Waals surface area contributed by atoms with Crippen LogP contribution in [0.5, 0.6) is 0 Å². The van der Waals surface area contributed by atoms with Crippen molar-refractivity contribution in [1.82, 2.24) is 0 Å². The van der Waals surface area contributed by atoms with Crippen LogP contribution in [0.1, 0.15) is 15.9 Å². The van der Waals surface area contributed by atoms with Gasteiger partial charge in [-0.25, -0.2) is 13.6 Å². The summed E-state index contributed by atoms with van der Waals surface area (Å²) in [5.74, 6) is -0.640. The van der Waals surface area contributed by atoms with Crippen LogP contribution in [0.15, 0.2) is 41.3 Å². The molecule has 6 heteroatoms. The van der Waals surface area contributed by atoms with Gasteiger partial charge in [-0.05, 0) is 30.2 Å². The lowest BCUT2D eigenvalue weighted by atomic mass is 9.95. The van der Waals surface area contributed by atoms with E-state index in [1.807, 2.05) is 0 Å². The molecule has 0 bridgehead atoms. The van der Waals surface area contributed by atoms with Crippen molar-refractivity contribution >= 4 is 15.9 Å². The summed E-state index contributed by atoms with van der Waals surface area (Å²) in [5, 5.41) is 5.21. The monoisotopic (exact) mass is 289 g/mol. The number of carbonyl (C=O) groups is 1. The van der Waals surface area contributed by atoms with Crippen LogP contribution >= 0.6 is 0 Å². The van der Waals surface area contributed by atoms with Crippen molar-refractivity contribution in [2.24, 2.45) is 10.9 Å². The number of amides is 1. The quantitative estimate of drug-likeness (QED) is 0.887. The Labute approximate surface area is 117 Å². The third-order valence-electron chi connectivity index (χ3n) is 2.92. The molecule has 0 aliphatic heterocycles. The number of nitrogens with two attached hydrogens (primary N) is 2. The topological polar surface area (TPSA) is 103 Å². The van der Waals surface area contributed by atoms with Gasteiger partial charge in [0.2, 0.25) is 15.9 Å². The van der Waals surface area contributed by atoms with Crippen molar-refractivity contribution in [1.29, 1.82) is 0 Å². The molecule has 0 heterocycles. The molecule has 2 aromatic carbocycles. The Morgan fingerprint density at radius 1 is 1.15 bits per heavy atom. The van der Waals surface area contributed by atoms with Crippen LogP contribution in [0.3, 0.4) is 0 Å². The molecule has 0 atom stereocenters. The van der Waals surface area contributed by atoms with Crippen molar-refractivity contribution in [3.05, 3.63) is 53.6 Å². The molecule has 2 rings (SSSR count). The molecule has 0 saturated carbocycles. The smallest absolute Gasteiger partial charge is 0.249 e. The van der Waals surface area contributed by atoms with Gasteiger partial charge in [0.25, 0.3) is 0 Å². The average Bonchev–Trinajstić information content (AvgIpc) is 2.37. The summed E-state index contributed by atoms with van der Waals surface area (Å²) >= 11 is 0. The highest BCUT2D eigenvalue weighted by molar-refractivity contribution is 7.89. The Morgan fingerprint density at radius 2 is 1.80 bits per heavy atom. The van der Waals surface area contributed by atoms with Crippen LogP contribution in [-0.2, 0) is 10.0 Å². The van der Waals surface area contributed by atoms with Gasteiger partial charge in [-0.2, -0.15) is 0 Å². The second-order valence-electron chi connectivity index (χ2n) is 4.30. The largest absolute Gasteiger partial charge is 0.366 e. The number of aryl methyl sites for hydroxylation is 1. The summed E-state index contributed by atoms with van der Waals surface area (Å²) in [4.78, 5) is 11.6. The summed E-state index contributed by atoms with van der Waals surface area (Å²) < 4.78 is 23.3. The number of primary sulfonamides is 1. The van der Waals surface area contributed by atoms with E-state index in [0.717, 1.165) is 0 Å². The van der Waals surface area contributed by atoms with E-state index in [-0.39, 0.29) is 10.5 Å². The molecule has 0 spiro atoms. The van der Waals surface area contributed by atoms with Crippen LogP contribution in [-0.4, -0.2) is 14.3 Å². The zero-order valence-electron chi connectivity index (χ0n) is 10.8. The van der Waals surface area contributed by atoms with E-state index in [4.69, 9.17) is 10.9 Å². The lowest BCUT2D eigenvalue weighted by Gasteiger charge is -2.12. The Bertz CT molecular complexity index is 783. The van der Waals surface area contributed by atoms with E-state index in [0.29, 0.717) is 16.7 Å². The number of hydrogen-bond donors (Lipinski definition) is 2.